The van der Waals surface area contributed by atoms with Crippen LogP contribution in [0.4, 0.5) is 0 Å². The van der Waals surface area contributed by atoms with E-state index in [1.165, 1.54) is 19.6 Å². The second-order valence-electron chi connectivity index (χ2n) is 25.3. The van der Waals surface area contributed by atoms with Crippen molar-refractivity contribution in [1.29, 1.82) is 0 Å². The Balaban J connectivity index is 0.000000177. The van der Waals surface area contributed by atoms with Gasteiger partial charge in [-0.3, -0.25) is 0 Å². The van der Waals surface area contributed by atoms with E-state index in [1.54, 1.807) is 53.5 Å². The molecule has 0 spiro atoms. The molecule has 3 aromatic carbocycles. The Morgan fingerprint density at radius 2 is 0.798 bits per heavy atom. The monoisotopic (exact) mass is 1420 g/mol. The molecule has 5 aliphatic heterocycles. The maximum absolute atomic E-state index is 11.4. The SMILES string of the molecule is C.Cc1cc([C@@H](O)C2O[C@@H](n3ccc4c(C)ncnc43)[C@@H]3OC(C)(C)O[C@]23C)ccc1Cl.Cc1cc([C@@H](O)C2O[C@@H](n3ccc4c(C)ncnc43)[C@H](O)[C@]2(C)O)ccc1Cl.Cc1cc([C@@H](O)[C@H]2O[C@@H](n3ccc4c(Cl)ncnc43)[C@@H]3OC(C)(C)O[C@]23C)ccc1Cl.[CH3-].[CH3-].[Zn+2]. The van der Waals surface area contributed by atoms with Crippen LogP contribution in [0.15, 0.2) is 110 Å². The van der Waals surface area contributed by atoms with Gasteiger partial charge in [0.25, 0.3) is 0 Å². The molecule has 6 aromatic heterocycles. The second-order valence-corrected chi connectivity index (χ2v) is 26.9. The van der Waals surface area contributed by atoms with Gasteiger partial charge >= 0.3 is 19.5 Å². The van der Waals surface area contributed by atoms with Gasteiger partial charge in [-0.15, -0.1) is 0 Å². The van der Waals surface area contributed by atoms with Crippen molar-refractivity contribution in [2.75, 3.05) is 0 Å². The molecule has 5 fully saturated rings. The second kappa shape index (κ2) is 27.6. The maximum atomic E-state index is 11.4. The first kappa shape index (κ1) is 74.6. The molecule has 0 aliphatic carbocycles. The van der Waals surface area contributed by atoms with E-state index < -0.39 is 102 Å². The van der Waals surface area contributed by atoms with Gasteiger partial charge in [0.1, 0.15) is 113 Å². The van der Waals surface area contributed by atoms with E-state index in [-0.39, 0.29) is 41.8 Å². The van der Waals surface area contributed by atoms with Crippen molar-refractivity contribution in [1.82, 2.24) is 43.6 Å². The number of aryl methyl sites for hydroxylation is 5. The minimum Gasteiger partial charge on any atom is -0.386 e. The third-order valence-corrected chi connectivity index (χ3v) is 19.5. The molecule has 5 N–H and O–H groups in total. The summed E-state index contributed by atoms with van der Waals surface area (Å²) in [6.07, 6.45) is 0.248. The first-order valence-corrected chi connectivity index (χ1v) is 30.9. The summed E-state index contributed by atoms with van der Waals surface area (Å²) < 4.78 is 49.6. The van der Waals surface area contributed by atoms with Crippen molar-refractivity contribution < 1.29 is 78.2 Å². The Kier molecular flexibility index (Phi) is 21.9. The van der Waals surface area contributed by atoms with Gasteiger partial charge in [-0.1, -0.05) is 90.2 Å². The minimum atomic E-state index is -1.68. The Bertz CT molecular complexity index is 4030. The van der Waals surface area contributed by atoms with Crippen LogP contribution >= 0.6 is 46.4 Å². The van der Waals surface area contributed by atoms with Crippen LogP contribution < -0.4 is 0 Å². The first-order chi connectivity index (χ1) is 42.4. The summed E-state index contributed by atoms with van der Waals surface area (Å²) in [5.41, 5.74) is 4.73. The first-order valence-electron chi connectivity index (χ1n) is 29.4. The van der Waals surface area contributed by atoms with Crippen LogP contribution in [-0.2, 0) is 52.6 Å². The predicted molar refractivity (Wildman–Crippen MR) is 355 cm³/mol. The Labute approximate surface area is 580 Å². The van der Waals surface area contributed by atoms with Crippen LogP contribution in [0.3, 0.4) is 0 Å². The smallest absolute Gasteiger partial charge is 0.386 e. The van der Waals surface area contributed by atoms with Gasteiger partial charge in [-0.05, 0) is 153 Å². The van der Waals surface area contributed by atoms with E-state index >= 15 is 0 Å². The number of nitrogens with zero attached hydrogens (tertiary/aromatic N) is 9. The standard InChI is InChI=1S/C23H26ClN3O4.C22H23Cl2N3O4.C20H22ClN3O4.CH4.2CH3.Zn/c1-12-10-14(6-7-16(12)24)17(28)18-23(5)19(30-22(3,4)31-23)21(29-18)27-9-8-15-13(2)25-11-26-20(15)27;1-11-9-12(5-6-14(11)23)15(28)16-22(4)17(30-21(2,3)31-22)20(29-16)27-8-7-13-18(24)25-10-26-19(13)27;1-10-8-12(4-5-14(10)21)15(25)17-20(3,27)16(26)19(28-17)24-7-6-13-11(2)22-9-23-18(13)24;;;;/h6-11,17-19,21,28H,1-5H3;5-10,15-17,20,28H,1-4H3;4-9,15-17,19,25-27H,1-3H3;1H4;2*1H3;/q;;;;2*-1;+2/t17-,18?,19+,21-,23-;15-,16-,17+,20-,22-;15-,16+,17?,19-,20+;;;;/m111..../s1. The Hall–Kier alpha value is -5.18. The maximum Gasteiger partial charge on any atom is 2.00 e. The molecule has 9 aromatic rings. The van der Waals surface area contributed by atoms with E-state index in [4.69, 9.17) is 79.6 Å². The zero-order chi connectivity index (χ0) is 64.5. The molecule has 0 saturated carbocycles. The van der Waals surface area contributed by atoms with Crippen molar-refractivity contribution >= 4 is 79.5 Å². The average Bonchev–Trinajstić information content (AvgIpc) is 1.56. The molecule has 2 unspecified atom stereocenters. The third kappa shape index (κ3) is 13.1. The summed E-state index contributed by atoms with van der Waals surface area (Å²) in [5, 5.41) is 60.1. The fourth-order valence-electron chi connectivity index (χ4n) is 13.4. The van der Waals surface area contributed by atoms with Crippen molar-refractivity contribution in [3.8, 4) is 0 Å². The number of fused-ring (bicyclic) bond motifs is 5. The van der Waals surface area contributed by atoms with Crippen molar-refractivity contribution in [2.45, 2.75) is 193 Å². The predicted octanol–water partition coefficient (Wildman–Crippen LogP) is 12.8. The van der Waals surface area contributed by atoms with Crippen molar-refractivity contribution in [2.24, 2.45) is 0 Å². The van der Waals surface area contributed by atoms with Gasteiger partial charge < -0.3 is 87.2 Å². The average molecular weight is 1420 g/mol. The van der Waals surface area contributed by atoms with Crippen LogP contribution in [0.25, 0.3) is 33.1 Å². The van der Waals surface area contributed by atoms with E-state index in [2.05, 4.69) is 29.9 Å². The van der Waals surface area contributed by atoms with E-state index in [9.17, 15) is 25.5 Å². The van der Waals surface area contributed by atoms with Crippen LogP contribution in [0.1, 0.15) is 138 Å². The van der Waals surface area contributed by atoms with Crippen molar-refractivity contribution in [3.63, 3.8) is 0 Å². The Morgan fingerprint density at radius 1 is 0.468 bits per heavy atom. The third-order valence-electron chi connectivity index (χ3n) is 18.0. The largest absolute Gasteiger partial charge is 2.00 e. The minimum absolute atomic E-state index is 0. The van der Waals surface area contributed by atoms with Gasteiger partial charge in [-0.25, -0.2) is 29.9 Å². The number of benzene rings is 3. The zero-order valence-corrected chi connectivity index (χ0v) is 60.1. The number of rotatable bonds is 9. The molecule has 14 rings (SSSR count). The fourth-order valence-corrected chi connectivity index (χ4v) is 13.9. The number of ether oxygens (including phenoxy) is 7. The van der Waals surface area contributed by atoms with E-state index in [1.807, 2.05) is 134 Å². The molecule has 21 nitrogen and oxygen atoms in total. The molecule has 26 heteroatoms. The topological polar surface area (TPSA) is 258 Å². The molecule has 94 heavy (non-hydrogen) atoms. The molecular formula is C68H81Cl4N9O12Zn. The molecule has 500 valence electrons. The number of hydrogen-bond acceptors (Lipinski definition) is 18. The number of aliphatic hydroxyl groups is 5. The molecule has 5 aliphatic rings. The van der Waals surface area contributed by atoms with Crippen LogP contribution in [0.5, 0.6) is 0 Å². The van der Waals surface area contributed by atoms with Gasteiger partial charge in [0.05, 0.1) is 16.8 Å². The molecule has 0 amide bonds. The molecule has 11 heterocycles. The summed E-state index contributed by atoms with van der Waals surface area (Å²) in [7, 11) is 0. The van der Waals surface area contributed by atoms with Gasteiger partial charge in [-0.2, -0.15) is 0 Å². The van der Waals surface area contributed by atoms with Gasteiger partial charge in [0.2, 0.25) is 0 Å². The summed E-state index contributed by atoms with van der Waals surface area (Å²) in [6, 6.07) is 21.7. The fraction of sp³-hybridized carbons (Fsp3) is 0.441. The van der Waals surface area contributed by atoms with Gasteiger partial charge in [0, 0.05) is 44.4 Å². The summed E-state index contributed by atoms with van der Waals surface area (Å²) >= 11 is 24.7. The number of hydrogen-bond donors (Lipinski definition) is 5. The molecule has 15 atom stereocenters. The summed E-state index contributed by atoms with van der Waals surface area (Å²) in [6.45, 7) is 22.2. The molecule has 0 bridgehead atoms. The molecule has 0 radical (unpaired) electrons. The quantitative estimate of drug-likeness (QED) is 0.0511. The Morgan fingerprint density at radius 3 is 1.18 bits per heavy atom. The normalized spacial score (nSPS) is 28.8. The number of aliphatic hydroxyl groups excluding tert-OH is 4. The van der Waals surface area contributed by atoms with E-state index in [0.717, 1.165) is 50.1 Å². The van der Waals surface area contributed by atoms with Crippen molar-refractivity contribution in [3.05, 3.63) is 190 Å². The number of aromatic nitrogens is 9. The number of halogens is 4. The molecular weight excluding hydrogens is 1340 g/mol. The van der Waals surface area contributed by atoms with Crippen LogP contribution in [0, 0.1) is 49.5 Å². The van der Waals surface area contributed by atoms with Crippen LogP contribution in [0.2, 0.25) is 20.2 Å². The van der Waals surface area contributed by atoms with E-state index in [0.29, 0.717) is 48.0 Å². The summed E-state index contributed by atoms with van der Waals surface area (Å²) in [5.74, 6) is -1.66. The molecule has 5 saturated heterocycles. The summed E-state index contributed by atoms with van der Waals surface area (Å²) in [4.78, 5) is 25.6. The van der Waals surface area contributed by atoms with Crippen LogP contribution in [-0.4, -0.2) is 134 Å². The van der Waals surface area contributed by atoms with Gasteiger partial charge in [0.15, 0.2) is 30.3 Å². The zero-order valence-electron chi connectivity index (χ0n) is 54.2.